The molecule has 1 amide bonds. The van der Waals surface area contributed by atoms with Crippen LogP contribution in [0.25, 0.3) is 0 Å². The highest BCUT2D eigenvalue weighted by atomic mass is 16.1. The fraction of sp³-hybridized carbons (Fsp3) is 0.481. The number of rotatable bonds is 9. The van der Waals surface area contributed by atoms with E-state index in [1.165, 1.54) is 18.5 Å². The summed E-state index contributed by atoms with van der Waals surface area (Å²) < 4.78 is 0. The third-order valence-electron chi connectivity index (χ3n) is 6.63. The van der Waals surface area contributed by atoms with Crippen molar-refractivity contribution in [3.63, 3.8) is 0 Å². The number of allylic oxidation sites excluding steroid dienone is 5. The first-order chi connectivity index (χ1) is 15.0. The first-order valence-corrected chi connectivity index (χ1v) is 11.7. The lowest BCUT2D eigenvalue weighted by Gasteiger charge is -2.21. The van der Waals surface area contributed by atoms with Gasteiger partial charge in [-0.1, -0.05) is 63.6 Å². The van der Waals surface area contributed by atoms with Crippen molar-refractivity contribution in [3.05, 3.63) is 65.3 Å². The molecule has 1 N–H and O–H groups in total. The molecule has 0 spiro atoms. The fourth-order valence-electron chi connectivity index (χ4n) is 4.31. The molecule has 1 aliphatic heterocycles. The first-order valence-electron chi connectivity index (χ1n) is 11.7. The number of amides is 1. The summed E-state index contributed by atoms with van der Waals surface area (Å²) in [4.78, 5) is 27.2. The minimum absolute atomic E-state index is 0.0786. The summed E-state index contributed by atoms with van der Waals surface area (Å²) in [7, 11) is 0. The lowest BCUT2D eigenvalue weighted by atomic mass is 9.91. The lowest BCUT2D eigenvalue weighted by molar-refractivity contribution is -0.118. The van der Waals surface area contributed by atoms with Gasteiger partial charge in [0.05, 0.1) is 0 Å². The van der Waals surface area contributed by atoms with Crippen LogP contribution in [-0.2, 0) is 16.1 Å². The molecule has 2 atom stereocenters. The molecule has 0 aromatic heterocycles. The maximum Gasteiger partial charge on any atom is 0.247 e. The molecular formula is C27H36N2O2. The summed E-state index contributed by atoms with van der Waals surface area (Å²) in [6.45, 7) is 9.41. The molecule has 1 aliphatic carbocycles. The summed E-state index contributed by atoms with van der Waals surface area (Å²) in [5, 5.41) is 3.02. The molecule has 2 aliphatic rings. The van der Waals surface area contributed by atoms with E-state index >= 15 is 0 Å². The lowest BCUT2D eigenvalue weighted by Crippen LogP contribution is -2.24. The molecule has 3 rings (SSSR count). The van der Waals surface area contributed by atoms with Gasteiger partial charge in [0.25, 0.3) is 0 Å². The zero-order chi connectivity index (χ0) is 22.2. The van der Waals surface area contributed by atoms with Crippen LogP contribution >= 0.6 is 0 Å². The fourth-order valence-corrected chi connectivity index (χ4v) is 4.31. The molecule has 0 bridgehead atoms. The Kier molecular flexibility index (Phi) is 8.27. The Morgan fingerprint density at radius 3 is 2.68 bits per heavy atom. The van der Waals surface area contributed by atoms with E-state index in [0.29, 0.717) is 30.5 Å². The van der Waals surface area contributed by atoms with Crippen molar-refractivity contribution in [2.75, 3.05) is 18.0 Å². The van der Waals surface area contributed by atoms with Gasteiger partial charge >= 0.3 is 0 Å². The van der Waals surface area contributed by atoms with Gasteiger partial charge < -0.3 is 10.2 Å². The van der Waals surface area contributed by atoms with Crippen molar-refractivity contribution >= 4 is 17.4 Å². The van der Waals surface area contributed by atoms with E-state index < -0.39 is 0 Å². The van der Waals surface area contributed by atoms with Crippen molar-refractivity contribution in [2.24, 2.45) is 11.8 Å². The van der Waals surface area contributed by atoms with Crippen molar-refractivity contribution in [1.82, 2.24) is 5.32 Å². The third-order valence-corrected chi connectivity index (χ3v) is 6.63. The summed E-state index contributed by atoms with van der Waals surface area (Å²) in [6.07, 6.45) is 11.7. The highest BCUT2D eigenvalue weighted by Gasteiger charge is 2.26. The van der Waals surface area contributed by atoms with Crippen molar-refractivity contribution in [3.8, 4) is 0 Å². The highest BCUT2D eigenvalue weighted by molar-refractivity contribution is 5.99. The normalized spacial score (nSPS) is 19.5. The quantitative estimate of drug-likeness (QED) is 0.585. The Morgan fingerprint density at radius 1 is 1.19 bits per heavy atom. The van der Waals surface area contributed by atoms with Crippen LogP contribution < -0.4 is 10.2 Å². The Bertz CT molecular complexity index is 864. The molecule has 1 saturated heterocycles. The summed E-state index contributed by atoms with van der Waals surface area (Å²) in [6, 6.07) is 8.55. The zero-order valence-electron chi connectivity index (χ0n) is 19.2. The van der Waals surface area contributed by atoms with Gasteiger partial charge in [0, 0.05) is 42.9 Å². The number of hydrogen-bond acceptors (Lipinski definition) is 3. The SMILES string of the molecule is CCCC(=O)C1=CCC(C(=O)NCc2ccc(N3CCC(C(C)CC)C3)cc2)=CC=C1. The zero-order valence-corrected chi connectivity index (χ0v) is 19.2. The predicted molar refractivity (Wildman–Crippen MR) is 128 cm³/mol. The maximum absolute atomic E-state index is 12.6. The number of carbonyl (C=O) groups is 2. The van der Waals surface area contributed by atoms with Crippen LogP contribution in [-0.4, -0.2) is 24.8 Å². The molecule has 1 aromatic rings. The Hall–Kier alpha value is -2.62. The molecular weight excluding hydrogens is 384 g/mol. The van der Waals surface area contributed by atoms with Crippen LogP contribution in [0.2, 0.25) is 0 Å². The molecule has 31 heavy (non-hydrogen) atoms. The second kappa shape index (κ2) is 11.1. The van der Waals surface area contributed by atoms with Gasteiger partial charge in [-0.15, -0.1) is 0 Å². The van der Waals surface area contributed by atoms with Gasteiger partial charge in [-0.25, -0.2) is 0 Å². The van der Waals surface area contributed by atoms with Gasteiger partial charge in [-0.05, 0) is 48.8 Å². The summed E-state index contributed by atoms with van der Waals surface area (Å²) in [5.41, 5.74) is 3.75. The third kappa shape index (κ3) is 6.19. The van der Waals surface area contributed by atoms with Gasteiger partial charge in [-0.3, -0.25) is 9.59 Å². The number of benzene rings is 1. The maximum atomic E-state index is 12.6. The van der Waals surface area contributed by atoms with Gasteiger partial charge in [0.2, 0.25) is 5.91 Å². The monoisotopic (exact) mass is 420 g/mol. The number of nitrogens with zero attached hydrogens (tertiary/aromatic N) is 1. The van der Waals surface area contributed by atoms with Crippen LogP contribution in [0.15, 0.2) is 59.7 Å². The van der Waals surface area contributed by atoms with E-state index in [4.69, 9.17) is 0 Å². The average molecular weight is 421 g/mol. The van der Waals surface area contributed by atoms with E-state index in [-0.39, 0.29) is 11.7 Å². The summed E-state index contributed by atoms with van der Waals surface area (Å²) >= 11 is 0. The second-order valence-corrected chi connectivity index (χ2v) is 8.82. The molecule has 4 heteroatoms. The number of ketones is 1. The minimum Gasteiger partial charge on any atom is -0.371 e. The van der Waals surface area contributed by atoms with Crippen molar-refractivity contribution in [1.29, 1.82) is 0 Å². The molecule has 0 saturated carbocycles. The summed E-state index contributed by atoms with van der Waals surface area (Å²) in [5.74, 6) is 1.63. The number of nitrogens with one attached hydrogen (secondary N) is 1. The number of hydrogen-bond donors (Lipinski definition) is 1. The molecule has 1 aromatic carbocycles. The van der Waals surface area contributed by atoms with E-state index in [9.17, 15) is 9.59 Å². The van der Waals surface area contributed by atoms with Crippen molar-refractivity contribution in [2.45, 2.75) is 59.4 Å². The highest BCUT2D eigenvalue weighted by Crippen LogP contribution is 2.29. The largest absolute Gasteiger partial charge is 0.371 e. The van der Waals surface area contributed by atoms with Crippen LogP contribution in [0.3, 0.4) is 0 Å². The molecule has 0 radical (unpaired) electrons. The number of carbonyl (C=O) groups excluding carboxylic acids is 2. The number of Topliss-reactive ketones (excluding diaryl/α,β-unsaturated/α-hetero) is 1. The average Bonchev–Trinajstić information content (AvgIpc) is 3.15. The van der Waals surface area contributed by atoms with E-state index in [0.717, 1.165) is 36.9 Å². The van der Waals surface area contributed by atoms with Crippen molar-refractivity contribution < 1.29 is 9.59 Å². The Labute approximate surface area is 187 Å². The Morgan fingerprint density at radius 2 is 1.97 bits per heavy atom. The van der Waals surface area contributed by atoms with Gasteiger partial charge in [0.1, 0.15) is 0 Å². The second-order valence-electron chi connectivity index (χ2n) is 8.82. The number of anilines is 1. The molecule has 166 valence electrons. The van der Waals surface area contributed by atoms with E-state index in [1.807, 2.05) is 19.1 Å². The van der Waals surface area contributed by atoms with E-state index in [2.05, 4.69) is 48.3 Å². The van der Waals surface area contributed by atoms with Crippen LogP contribution in [0.5, 0.6) is 0 Å². The van der Waals surface area contributed by atoms with Crippen LogP contribution in [0.1, 0.15) is 58.4 Å². The van der Waals surface area contributed by atoms with Gasteiger partial charge in [0.15, 0.2) is 5.78 Å². The molecule has 1 heterocycles. The molecule has 4 nitrogen and oxygen atoms in total. The van der Waals surface area contributed by atoms with Gasteiger partial charge in [-0.2, -0.15) is 0 Å². The minimum atomic E-state index is -0.0786. The Balaban J connectivity index is 1.50. The topological polar surface area (TPSA) is 49.4 Å². The van der Waals surface area contributed by atoms with Crippen LogP contribution in [0.4, 0.5) is 5.69 Å². The smallest absolute Gasteiger partial charge is 0.247 e. The first kappa shape index (κ1) is 23.1. The molecule has 1 fully saturated rings. The standard InChI is InChI=1S/C27H36N2O2/c1-4-7-26(30)22-8-6-9-23(13-12-22)27(31)28-18-21-10-14-25(15-11-21)29-17-16-24(19-29)20(3)5-2/h6,8-12,14-15,20,24H,4-5,7,13,16-19H2,1-3H3,(H,28,31). The van der Waals surface area contributed by atoms with Crippen LogP contribution in [0, 0.1) is 11.8 Å². The molecule has 2 unspecified atom stereocenters. The predicted octanol–water partition coefficient (Wildman–Crippen LogP) is 5.36. The van der Waals surface area contributed by atoms with E-state index in [1.54, 1.807) is 12.2 Å².